The number of unbranched alkanes of at least 4 members (excludes halogenated alkanes) is 10. The Morgan fingerprint density at radius 1 is 0.682 bits per heavy atom. The van der Waals surface area contributed by atoms with Crippen LogP contribution in [0.1, 0.15) is 110 Å². The van der Waals surface area contributed by atoms with Gasteiger partial charge in [-0.25, -0.2) is 0 Å². The molecule has 0 aromatic rings. The van der Waals surface area contributed by atoms with E-state index in [-0.39, 0.29) is 0 Å². The van der Waals surface area contributed by atoms with Gasteiger partial charge >= 0.3 is 0 Å². The van der Waals surface area contributed by atoms with E-state index in [1.165, 1.54) is 89.9 Å². The highest BCUT2D eigenvalue weighted by molar-refractivity contribution is 4.84. The van der Waals surface area contributed by atoms with Crippen molar-refractivity contribution in [1.82, 2.24) is 0 Å². The lowest BCUT2D eigenvalue weighted by molar-refractivity contribution is 0.414. The maximum absolute atomic E-state index is 3.92. The highest BCUT2D eigenvalue weighted by Crippen LogP contribution is 2.21. The van der Waals surface area contributed by atoms with Crippen LogP contribution in [0.2, 0.25) is 0 Å². The van der Waals surface area contributed by atoms with E-state index in [2.05, 4.69) is 32.9 Å². The molecule has 0 aliphatic heterocycles. The largest absolute Gasteiger partial charge is 0.0885 e. The van der Waals surface area contributed by atoms with Crippen molar-refractivity contribution in [3.63, 3.8) is 0 Å². The Labute approximate surface area is 142 Å². The van der Waals surface area contributed by atoms with Gasteiger partial charge in [-0.05, 0) is 25.2 Å². The van der Waals surface area contributed by atoms with Gasteiger partial charge < -0.3 is 0 Å². The molecule has 0 saturated heterocycles. The molecule has 1 atom stereocenters. The standard InChI is InChI=1S/C22H42/c1-4-7-10-12-14-16-18-21-22(19-9-6-3)20-17-15-13-11-8-5-2/h16,18,22H,1-2,4-15,17,19-21H2,3H3/b18-16+. The molecule has 0 aromatic heterocycles. The third kappa shape index (κ3) is 16.1. The summed E-state index contributed by atoms with van der Waals surface area (Å²) in [6, 6.07) is 0. The van der Waals surface area contributed by atoms with Crippen molar-refractivity contribution in [2.75, 3.05) is 0 Å². The van der Waals surface area contributed by atoms with Gasteiger partial charge in [-0.3, -0.25) is 0 Å². The average molecular weight is 307 g/mol. The summed E-state index contributed by atoms with van der Waals surface area (Å²) < 4.78 is 0. The molecule has 0 aromatic carbocycles. The zero-order valence-corrected chi connectivity index (χ0v) is 15.5. The average Bonchev–Trinajstić information content (AvgIpc) is 2.54. The number of hydrogen-bond donors (Lipinski definition) is 0. The lowest BCUT2D eigenvalue weighted by Gasteiger charge is -2.14. The van der Waals surface area contributed by atoms with Gasteiger partial charge in [-0.2, -0.15) is 0 Å². The van der Waals surface area contributed by atoms with Crippen LogP contribution in [0.4, 0.5) is 0 Å². The highest BCUT2D eigenvalue weighted by Gasteiger charge is 2.06. The normalized spacial score (nSPS) is 13.0. The first-order valence-electron chi connectivity index (χ1n) is 10.1. The van der Waals surface area contributed by atoms with Crippen LogP contribution >= 0.6 is 0 Å². The fraction of sp³-hybridized carbons (Fsp3) is 0.818. The second-order valence-electron chi connectivity index (χ2n) is 6.83. The maximum atomic E-state index is 3.92. The molecule has 0 saturated carbocycles. The van der Waals surface area contributed by atoms with Gasteiger partial charge in [0.2, 0.25) is 0 Å². The third-order valence-electron chi connectivity index (χ3n) is 4.59. The molecule has 0 spiro atoms. The quantitative estimate of drug-likeness (QED) is 0.188. The van der Waals surface area contributed by atoms with Crippen molar-refractivity contribution in [2.24, 2.45) is 5.92 Å². The van der Waals surface area contributed by atoms with Crippen LogP contribution < -0.4 is 0 Å². The van der Waals surface area contributed by atoms with Crippen LogP contribution in [0.15, 0.2) is 12.2 Å². The van der Waals surface area contributed by atoms with Crippen molar-refractivity contribution >= 4 is 0 Å². The summed E-state index contributed by atoms with van der Waals surface area (Å²) >= 11 is 0. The molecule has 130 valence electrons. The lowest BCUT2D eigenvalue weighted by Crippen LogP contribution is -1.99. The molecule has 0 amide bonds. The van der Waals surface area contributed by atoms with E-state index in [0.29, 0.717) is 0 Å². The van der Waals surface area contributed by atoms with Gasteiger partial charge in [-0.1, -0.05) is 116 Å². The Morgan fingerprint density at radius 2 is 1.27 bits per heavy atom. The van der Waals surface area contributed by atoms with E-state index in [9.17, 15) is 0 Å². The van der Waals surface area contributed by atoms with Crippen molar-refractivity contribution in [3.8, 4) is 0 Å². The predicted molar refractivity (Wildman–Crippen MR) is 103 cm³/mol. The molecule has 0 aliphatic carbocycles. The molecule has 0 nitrogen and oxygen atoms in total. The molecular formula is C22H42. The summed E-state index contributed by atoms with van der Waals surface area (Å²) in [5.41, 5.74) is 0. The van der Waals surface area contributed by atoms with Gasteiger partial charge in [0.25, 0.3) is 0 Å². The fourth-order valence-electron chi connectivity index (χ4n) is 3.04. The molecule has 0 aliphatic rings. The van der Waals surface area contributed by atoms with Crippen LogP contribution in [0.3, 0.4) is 0 Å². The van der Waals surface area contributed by atoms with Crippen LogP contribution in [-0.2, 0) is 0 Å². The predicted octanol–water partition coefficient (Wildman–Crippen LogP) is 8.09. The van der Waals surface area contributed by atoms with Crippen LogP contribution in [0, 0.1) is 19.8 Å². The van der Waals surface area contributed by atoms with E-state index >= 15 is 0 Å². The van der Waals surface area contributed by atoms with Crippen molar-refractivity contribution in [1.29, 1.82) is 0 Å². The van der Waals surface area contributed by atoms with E-state index < -0.39 is 0 Å². The lowest BCUT2D eigenvalue weighted by atomic mass is 9.92. The molecule has 2 radical (unpaired) electrons. The van der Waals surface area contributed by atoms with Crippen LogP contribution in [-0.4, -0.2) is 0 Å². The van der Waals surface area contributed by atoms with Gasteiger partial charge in [0.15, 0.2) is 0 Å². The van der Waals surface area contributed by atoms with Gasteiger partial charge in [-0.15, -0.1) is 0 Å². The minimum absolute atomic E-state index is 0.934. The first-order valence-corrected chi connectivity index (χ1v) is 10.1. The van der Waals surface area contributed by atoms with Gasteiger partial charge in [0.1, 0.15) is 0 Å². The van der Waals surface area contributed by atoms with Crippen molar-refractivity contribution < 1.29 is 0 Å². The number of hydrogen-bond acceptors (Lipinski definition) is 0. The minimum Gasteiger partial charge on any atom is -0.0885 e. The Morgan fingerprint density at radius 3 is 1.95 bits per heavy atom. The summed E-state index contributed by atoms with van der Waals surface area (Å²) in [6.45, 7) is 10.1. The van der Waals surface area contributed by atoms with Gasteiger partial charge in [0, 0.05) is 0 Å². The van der Waals surface area contributed by atoms with E-state index in [4.69, 9.17) is 0 Å². The Balaban J connectivity index is 3.70. The first-order chi connectivity index (χ1) is 10.8. The smallest absolute Gasteiger partial charge is 0.0322 e. The number of rotatable bonds is 17. The summed E-state index contributed by atoms with van der Waals surface area (Å²) in [5, 5.41) is 0. The molecule has 0 rings (SSSR count). The Kier molecular flexibility index (Phi) is 18.6. The third-order valence-corrected chi connectivity index (χ3v) is 4.59. The second-order valence-corrected chi connectivity index (χ2v) is 6.83. The van der Waals surface area contributed by atoms with Crippen LogP contribution in [0.25, 0.3) is 0 Å². The van der Waals surface area contributed by atoms with E-state index in [1.54, 1.807) is 0 Å². The molecule has 22 heavy (non-hydrogen) atoms. The minimum atomic E-state index is 0.934. The zero-order chi connectivity index (χ0) is 16.3. The summed E-state index contributed by atoms with van der Waals surface area (Å²) in [4.78, 5) is 0. The summed E-state index contributed by atoms with van der Waals surface area (Å²) in [7, 11) is 0. The summed E-state index contributed by atoms with van der Waals surface area (Å²) in [5.74, 6) is 0.934. The first kappa shape index (κ1) is 21.7. The molecule has 0 heteroatoms. The zero-order valence-electron chi connectivity index (χ0n) is 15.5. The Bertz CT molecular complexity index is 216. The molecular weight excluding hydrogens is 264 g/mol. The van der Waals surface area contributed by atoms with Crippen molar-refractivity contribution in [3.05, 3.63) is 26.0 Å². The fourth-order valence-corrected chi connectivity index (χ4v) is 3.04. The summed E-state index contributed by atoms with van der Waals surface area (Å²) in [6.07, 6.45) is 26.3. The highest BCUT2D eigenvalue weighted by atomic mass is 14.1. The van der Waals surface area contributed by atoms with Crippen molar-refractivity contribution in [2.45, 2.75) is 110 Å². The number of allylic oxidation sites excluding steroid dienone is 2. The Hall–Kier alpha value is -0.260. The van der Waals surface area contributed by atoms with Gasteiger partial charge in [0.05, 0.1) is 0 Å². The van der Waals surface area contributed by atoms with E-state index in [1.807, 2.05) is 0 Å². The SMILES string of the molecule is [CH2]CCCCC/C=C/CC(CCCC)CCCCCCC[CH2]. The molecule has 0 bridgehead atoms. The van der Waals surface area contributed by atoms with E-state index in [0.717, 1.165) is 18.8 Å². The molecule has 1 unspecified atom stereocenters. The maximum Gasteiger partial charge on any atom is -0.0322 e. The second kappa shape index (κ2) is 18.8. The van der Waals surface area contributed by atoms with Crippen LogP contribution in [0.5, 0.6) is 0 Å². The molecule has 0 N–H and O–H groups in total. The monoisotopic (exact) mass is 306 g/mol. The molecule has 0 fully saturated rings. The molecule has 0 heterocycles. The topological polar surface area (TPSA) is 0 Å².